The lowest BCUT2D eigenvalue weighted by Crippen LogP contribution is -2.36. The third-order valence-electron chi connectivity index (χ3n) is 3.48. The minimum Gasteiger partial charge on any atom is -0.480 e. The van der Waals surface area contributed by atoms with Crippen LogP contribution >= 0.6 is 7.75 Å². The highest BCUT2D eigenvalue weighted by Gasteiger charge is 2.49. The number of carbonyl (C=O) groups is 1. The molecule has 12 nitrogen and oxygen atoms in total. The van der Waals surface area contributed by atoms with Gasteiger partial charge in [0.25, 0.3) is 5.56 Å². The van der Waals surface area contributed by atoms with Crippen LogP contribution in [-0.2, 0) is 18.6 Å². The van der Waals surface area contributed by atoms with Crippen LogP contribution in [0.1, 0.15) is 19.6 Å². The summed E-state index contributed by atoms with van der Waals surface area (Å²) >= 11 is 0. The number of carboxylic acids is 1. The van der Waals surface area contributed by atoms with Crippen LogP contribution in [0.4, 0.5) is 4.39 Å². The third-order valence-corrected chi connectivity index (χ3v) is 4.68. The number of nitrogens with zero attached hydrogens (tertiary/aromatic N) is 1. The van der Waals surface area contributed by atoms with Gasteiger partial charge in [0.05, 0.1) is 0 Å². The molecule has 2 heterocycles. The third kappa shape index (κ3) is 4.84. The number of aliphatic carboxylic acids is 1. The van der Waals surface area contributed by atoms with Gasteiger partial charge in [0, 0.05) is 18.7 Å². The largest absolute Gasteiger partial charge is 0.480 e. The maximum Gasteiger partial charge on any atom is 0.403 e. The predicted molar refractivity (Wildman–Crippen MR) is 81.9 cm³/mol. The van der Waals surface area contributed by atoms with Crippen molar-refractivity contribution in [1.29, 1.82) is 0 Å². The molecule has 26 heavy (non-hydrogen) atoms. The number of aromatic amines is 1. The van der Waals surface area contributed by atoms with Crippen molar-refractivity contribution in [2.75, 3.05) is 6.61 Å². The smallest absolute Gasteiger partial charge is 0.403 e. The second kappa shape index (κ2) is 7.39. The monoisotopic (exact) mass is 397 g/mol. The van der Waals surface area contributed by atoms with E-state index in [4.69, 9.17) is 9.84 Å². The molecule has 0 bridgehead atoms. The number of aliphatic hydroxyl groups excluding tert-OH is 1. The van der Waals surface area contributed by atoms with Gasteiger partial charge >= 0.3 is 19.4 Å². The number of nitrogens with one attached hydrogen (secondary N) is 2. The van der Waals surface area contributed by atoms with Gasteiger partial charge in [-0.2, -0.15) is 0 Å². The SMILES string of the molecule is C[C@H](NP(=O)(O)OC[C@]1(F)C[C@@H](O)[C@H](n2ccc(=O)[nH]c2=O)O1)C(=O)O. The van der Waals surface area contributed by atoms with E-state index in [1.807, 2.05) is 4.98 Å². The Bertz CT molecular complexity index is 842. The lowest BCUT2D eigenvalue weighted by molar-refractivity contribution is -0.177. The van der Waals surface area contributed by atoms with E-state index in [1.54, 1.807) is 5.09 Å². The molecule has 1 aromatic heterocycles. The van der Waals surface area contributed by atoms with Crippen molar-refractivity contribution < 1.29 is 38.1 Å². The van der Waals surface area contributed by atoms with Gasteiger partial charge in [0.2, 0.25) is 5.85 Å². The first kappa shape index (κ1) is 20.4. The summed E-state index contributed by atoms with van der Waals surface area (Å²) in [5, 5.41) is 20.4. The number of carboxylic acid groups (broad SMARTS) is 1. The number of hydrogen-bond acceptors (Lipinski definition) is 7. The molecule has 0 radical (unpaired) electrons. The van der Waals surface area contributed by atoms with Gasteiger partial charge < -0.3 is 19.8 Å². The predicted octanol–water partition coefficient (Wildman–Crippen LogP) is -1.34. The first-order chi connectivity index (χ1) is 11.9. The number of ether oxygens (including phenoxy) is 1. The molecule has 146 valence electrons. The van der Waals surface area contributed by atoms with Crippen LogP contribution < -0.4 is 16.3 Å². The normalized spacial score (nSPS) is 29.2. The van der Waals surface area contributed by atoms with E-state index in [9.17, 15) is 33.3 Å². The summed E-state index contributed by atoms with van der Waals surface area (Å²) in [6, 6.07) is -0.477. The van der Waals surface area contributed by atoms with Crippen LogP contribution in [-0.4, -0.2) is 55.2 Å². The summed E-state index contributed by atoms with van der Waals surface area (Å²) in [6.45, 7) is -0.0417. The van der Waals surface area contributed by atoms with Crippen molar-refractivity contribution in [3.63, 3.8) is 0 Å². The van der Waals surface area contributed by atoms with E-state index < -0.39 is 62.2 Å². The number of aromatic nitrogens is 2. The van der Waals surface area contributed by atoms with Crippen LogP contribution in [0.5, 0.6) is 0 Å². The van der Waals surface area contributed by atoms with Crippen LogP contribution in [0.2, 0.25) is 0 Å². The lowest BCUT2D eigenvalue weighted by atomic mass is 10.2. The standard InChI is InChI=1S/C12H17FN3O9P/c1-6(10(19)20)15-26(22,23)24-5-12(13)4-7(17)9(25-12)16-3-2-8(18)14-11(16)21/h2-3,6-7,9,17H,4-5H2,1H3,(H,19,20)(H,14,18,21)(H2,15,22,23)/t6-,7+,9+,12-/m0/s1. The van der Waals surface area contributed by atoms with E-state index in [0.29, 0.717) is 0 Å². The Morgan fingerprint density at radius 1 is 1.65 bits per heavy atom. The molecule has 5 atom stereocenters. The molecule has 5 N–H and O–H groups in total. The molecule has 1 unspecified atom stereocenters. The molecule has 0 amide bonds. The molecule has 1 fully saturated rings. The maximum absolute atomic E-state index is 14.7. The van der Waals surface area contributed by atoms with Gasteiger partial charge in [-0.05, 0) is 6.92 Å². The van der Waals surface area contributed by atoms with Crippen molar-refractivity contribution >= 4 is 13.7 Å². The average molecular weight is 397 g/mol. The lowest BCUT2D eigenvalue weighted by Gasteiger charge is -2.23. The number of H-pyrrole nitrogens is 1. The Morgan fingerprint density at radius 2 is 2.31 bits per heavy atom. The highest BCUT2D eigenvalue weighted by atomic mass is 31.2. The summed E-state index contributed by atoms with van der Waals surface area (Å²) in [5.41, 5.74) is -1.65. The maximum atomic E-state index is 14.7. The molecule has 1 aliphatic heterocycles. The minimum absolute atomic E-state index is 0.697. The Kier molecular flexibility index (Phi) is 5.80. The van der Waals surface area contributed by atoms with Crippen LogP contribution in [0, 0.1) is 0 Å². The van der Waals surface area contributed by atoms with Crippen LogP contribution in [0.3, 0.4) is 0 Å². The zero-order chi connectivity index (χ0) is 19.7. The van der Waals surface area contributed by atoms with Crippen LogP contribution in [0.25, 0.3) is 0 Å². The first-order valence-electron chi connectivity index (χ1n) is 7.27. The van der Waals surface area contributed by atoms with Gasteiger partial charge in [-0.25, -0.2) is 18.8 Å². The molecule has 0 aromatic carbocycles. The van der Waals surface area contributed by atoms with E-state index in [-0.39, 0.29) is 0 Å². The van der Waals surface area contributed by atoms with E-state index >= 15 is 0 Å². The van der Waals surface area contributed by atoms with Gasteiger partial charge in [0.1, 0.15) is 18.8 Å². The quantitative estimate of drug-likeness (QED) is 0.346. The van der Waals surface area contributed by atoms with E-state index in [0.717, 1.165) is 23.8 Å². The summed E-state index contributed by atoms with van der Waals surface area (Å²) in [5.74, 6) is -4.16. The zero-order valence-electron chi connectivity index (χ0n) is 13.4. The van der Waals surface area contributed by atoms with Crippen molar-refractivity contribution in [2.45, 2.75) is 37.6 Å². The average Bonchev–Trinajstić information content (AvgIpc) is 2.80. The minimum atomic E-state index is -4.67. The van der Waals surface area contributed by atoms with Crippen molar-refractivity contribution in [1.82, 2.24) is 14.6 Å². The highest BCUT2D eigenvalue weighted by Crippen LogP contribution is 2.43. The van der Waals surface area contributed by atoms with Gasteiger partial charge in [-0.15, -0.1) is 0 Å². The Labute approximate surface area is 144 Å². The Hall–Kier alpha value is -1.89. The molecule has 1 aliphatic rings. The first-order valence-corrected chi connectivity index (χ1v) is 8.84. The summed E-state index contributed by atoms with van der Waals surface area (Å²) in [4.78, 5) is 44.8. The van der Waals surface area contributed by atoms with Gasteiger partial charge in [-0.3, -0.25) is 23.7 Å². The number of hydrogen-bond donors (Lipinski definition) is 5. The number of halogens is 1. The number of aliphatic hydroxyl groups is 1. The van der Waals surface area contributed by atoms with Crippen molar-refractivity contribution in [2.24, 2.45) is 0 Å². The molecule has 2 rings (SSSR count). The summed E-state index contributed by atoms with van der Waals surface area (Å²) < 4.78 is 36.6. The molecular weight excluding hydrogens is 380 g/mol. The zero-order valence-corrected chi connectivity index (χ0v) is 14.3. The fourth-order valence-electron chi connectivity index (χ4n) is 2.24. The fraction of sp³-hybridized carbons (Fsp3) is 0.583. The van der Waals surface area contributed by atoms with E-state index in [1.165, 1.54) is 0 Å². The molecule has 0 spiro atoms. The van der Waals surface area contributed by atoms with Gasteiger partial charge in [-0.1, -0.05) is 0 Å². The van der Waals surface area contributed by atoms with Crippen molar-refractivity contribution in [3.05, 3.63) is 33.1 Å². The number of alkyl halides is 1. The Balaban J connectivity index is 2.07. The number of rotatable bonds is 7. The topological polar surface area (TPSA) is 180 Å². The highest BCUT2D eigenvalue weighted by molar-refractivity contribution is 7.50. The Morgan fingerprint density at radius 3 is 2.88 bits per heavy atom. The summed E-state index contributed by atoms with van der Waals surface area (Å²) in [7, 11) is -4.67. The van der Waals surface area contributed by atoms with Crippen molar-refractivity contribution in [3.8, 4) is 0 Å². The summed E-state index contributed by atoms with van der Waals surface area (Å²) in [6.07, 6.45) is -2.72. The fourth-order valence-corrected chi connectivity index (χ4v) is 3.28. The van der Waals surface area contributed by atoms with Crippen LogP contribution in [0.15, 0.2) is 21.9 Å². The molecule has 0 saturated carbocycles. The molecular formula is C12H17FN3O9P. The van der Waals surface area contributed by atoms with E-state index in [2.05, 4.69) is 4.52 Å². The molecule has 0 aliphatic carbocycles. The van der Waals surface area contributed by atoms with Gasteiger partial charge in [0.15, 0.2) is 6.23 Å². The molecule has 1 aromatic rings. The second-order valence-electron chi connectivity index (χ2n) is 5.66. The molecule has 1 saturated heterocycles. The molecule has 14 heteroatoms. The second-order valence-corrected chi connectivity index (χ2v) is 7.22.